The number of aromatic nitrogens is 2. The van der Waals surface area contributed by atoms with Gasteiger partial charge in [-0.25, -0.2) is 13.1 Å². The molecule has 2 N–H and O–H groups in total. The molecule has 0 aliphatic carbocycles. The Kier molecular flexibility index (Phi) is 3.98. The molecule has 0 saturated carbocycles. The molecule has 19 heavy (non-hydrogen) atoms. The molecule has 0 aromatic carbocycles. The van der Waals surface area contributed by atoms with Gasteiger partial charge in [0.15, 0.2) is 0 Å². The topological polar surface area (TPSA) is 91.9 Å². The van der Waals surface area contributed by atoms with E-state index in [-0.39, 0.29) is 16.5 Å². The first-order chi connectivity index (χ1) is 8.99. The monoisotopic (exact) mass is 299 g/mol. The normalized spacial score (nSPS) is 11.4. The van der Waals surface area contributed by atoms with Crippen LogP contribution in [0.2, 0.25) is 5.02 Å². The van der Waals surface area contributed by atoms with Gasteiger partial charge in [-0.2, -0.15) is 0 Å². The van der Waals surface area contributed by atoms with Crippen LogP contribution in [0.4, 0.5) is 0 Å². The summed E-state index contributed by atoms with van der Waals surface area (Å²) in [7, 11) is -3.74. The lowest BCUT2D eigenvalue weighted by Crippen LogP contribution is -2.24. The molecule has 0 bridgehead atoms. The summed E-state index contributed by atoms with van der Waals surface area (Å²) in [5, 5.41) is -0.180. The van der Waals surface area contributed by atoms with Crippen molar-refractivity contribution in [3.8, 4) is 0 Å². The van der Waals surface area contributed by atoms with Crippen molar-refractivity contribution >= 4 is 21.6 Å². The molecule has 0 fully saturated rings. The highest BCUT2D eigenvalue weighted by molar-refractivity contribution is 7.89. The summed E-state index contributed by atoms with van der Waals surface area (Å²) in [5.74, 6) is 0. The first-order valence-electron chi connectivity index (χ1n) is 5.27. The summed E-state index contributed by atoms with van der Waals surface area (Å²) in [6.45, 7) is 0.0555. The van der Waals surface area contributed by atoms with Crippen LogP contribution in [0.5, 0.6) is 0 Å². The standard InChI is InChI=1S/C11H10ClN3O3S/c12-10-5-9(7-14-11(10)16)19(17,18)15-6-8-3-1-2-4-13-8/h1-5,7,15H,6H2,(H,14,16). The van der Waals surface area contributed by atoms with E-state index in [2.05, 4.69) is 14.7 Å². The van der Waals surface area contributed by atoms with E-state index < -0.39 is 15.6 Å². The Balaban J connectivity index is 2.19. The number of halogens is 1. The average Bonchev–Trinajstić information content (AvgIpc) is 2.41. The second kappa shape index (κ2) is 5.52. The highest BCUT2D eigenvalue weighted by Crippen LogP contribution is 2.10. The molecule has 0 radical (unpaired) electrons. The van der Waals surface area contributed by atoms with Gasteiger partial charge in [-0.3, -0.25) is 9.78 Å². The fourth-order valence-electron chi connectivity index (χ4n) is 1.35. The lowest BCUT2D eigenvalue weighted by atomic mass is 10.4. The minimum absolute atomic E-state index is 0.0555. The third-order valence-corrected chi connectivity index (χ3v) is 3.97. The molecule has 0 spiro atoms. The van der Waals surface area contributed by atoms with Gasteiger partial charge in [-0.05, 0) is 18.2 Å². The number of rotatable bonds is 4. The number of sulfonamides is 1. The third kappa shape index (κ3) is 3.40. The minimum atomic E-state index is -3.74. The molecule has 2 aromatic heterocycles. The fourth-order valence-corrected chi connectivity index (χ4v) is 2.58. The summed E-state index contributed by atoms with van der Waals surface area (Å²) in [6, 6.07) is 6.29. The first-order valence-corrected chi connectivity index (χ1v) is 7.13. The van der Waals surface area contributed by atoms with Gasteiger partial charge in [0.1, 0.15) is 5.02 Å². The van der Waals surface area contributed by atoms with Crippen LogP contribution in [0.3, 0.4) is 0 Å². The van der Waals surface area contributed by atoms with Crippen LogP contribution >= 0.6 is 11.6 Å². The number of hydrogen-bond acceptors (Lipinski definition) is 4. The predicted octanol–water partition coefficient (Wildman–Crippen LogP) is 0.902. The van der Waals surface area contributed by atoms with Crippen molar-refractivity contribution in [2.45, 2.75) is 11.4 Å². The lowest BCUT2D eigenvalue weighted by Gasteiger charge is -2.06. The van der Waals surface area contributed by atoms with Crippen LogP contribution in [0.15, 0.2) is 46.3 Å². The van der Waals surface area contributed by atoms with Crippen molar-refractivity contribution in [1.29, 1.82) is 0 Å². The van der Waals surface area contributed by atoms with Crippen LogP contribution in [0, 0.1) is 0 Å². The molecule has 2 rings (SSSR count). The SMILES string of the molecule is O=c1[nH]cc(S(=O)(=O)NCc2ccccn2)cc1Cl. The molecule has 0 atom stereocenters. The van der Waals surface area contributed by atoms with Crippen molar-refractivity contribution in [1.82, 2.24) is 14.7 Å². The molecule has 0 aliphatic rings. The smallest absolute Gasteiger partial charge is 0.266 e. The van der Waals surface area contributed by atoms with E-state index in [0.717, 1.165) is 12.3 Å². The van der Waals surface area contributed by atoms with Gasteiger partial charge in [-0.1, -0.05) is 17.7 Å². The summed E-state index contributed by atoms with van der Waals surface area (Å²) < 4.78 is 26.3. The maximum atomic E-state index is 11.9. The number of hydrogen-bond donors (Lipinski definition) is 2. The molecule has 2 heterocycles. The molecular weight excluding hydrogens is 290 g/mol. The zero-order valence-electron chi connectivity index (χ0n) is 9.63. The highest BCUT2D eigenvalue weighted by atomic mass is 35.5. The van der Waals surface area contributed by atoms with Gasteiger partial charge in [0, 0.05) is 12.4 Å². The van der Waals surface area contributed by atoms with E-state index in [0.29, 0.717) is 5.69 Å². The summed E-state index contributed by atoms with van der Waals surface area (Å²) >= 11 is 5.59. The summed E-state index contributed by atoms with van der Waals surface area (Å²) in [5.41, 5.74) is 0.0481. The van der Waals surface area contributed by atoms with Gasteiger partial charge >= 0.3 is 0 Å². The Morgan fingerprint density at radius 2 is 2.16 bits per heavy atom. The van der Waals surface area contributed by atoms with Crippen LogP contribution in [-0.4, -0.2) is 18.4 Å². The molecule has 6 nitrogen and oxygen atoms in total. The van der Waals surface area contributed by atoms with E-state index in [1.54, 1.807) is 24.4 Å². The molecule has 0 saturated heterocycles. The maximum absolute atomic E-state index is 11.9. The van der Waals surface area contributed by atoms with Crippen molar-refractivity contribution < 1.29 is 8.42 Å². The molecule has 2 aromatic rings. The van der Waals surface area contributed by atoms with E-state index in [4.69, 9.17) is 11.6 Å². The molecule has 0 unspecified atom stereocenters. The van der Waals surface area contributed by atoms with E-state index in [9.17, 15) is 13.2 Å². The Morgan fingerprint density at radius 1 is 1.37 bits per heavy atom. The second-order valence-corrected chi connectivity index (χ2v) is 5.83. The molecule has 8 heteroatoms. The van der Waals surface area contributed by atoms with Crippen LogP contribution < -0.4 is 10.3 Å². The Bertz CT molecular complexity index is 728. The van der Waals surface area contributed by atoms with Gasteiger partial charge < -0.3 is 4.98 Å². The maximum Gasteiger partial charge on any atom is 0.266 e. The molecule has 100 valence electrons. The summed E-state index contributed by atoms with van der Waals surface area (Å²) in [4.78, 5) is 17.2. The molecular formula is C11H10ClN3O3S. The van der Waals surface area contributed by atoms with Gasteiger partial charge in [0.05, 0.1) is 17.1 Å². The number of aromatic amines is 1. The average molecular weight is 300 g/mol. The van der Waals surface area contributed by atoms with Crippen molar-refractivity contribution in [2.24, 2.45) is 0 Å². The molecule has 0 aliphatic heterocycles. The van der Waals surface area contributed by atoms with E-state index in [1.165, 1.54) is 0 Å². The third-order valence-electron chi connectivity index (χ3n) is 2.31. The van der Waals surface area contributed by atoms with Crippen LogP contribution in [0.25, 0.3) is 0 Å². The van der Waals surface area contributed by atoms with E-state index in [1.807, 2.05) is 0 Å². The van der Waals surface area contributed by atoms with Crippen molar-refractivity contribution in [2.75, 3.05) is 0 Å². The first kappa shape index (κ1) is 13.7. The van der Waals surface area contributed by atoms with Crippen molar-refractivity contribution in [3.05, 3.63) is 57.7 Å². The zero-order chi connectivity index (χ0) is 13.9. The number of pyridine rings is 2. The van der Waals surface area contributed by atoms with Crippen LogP contribution in [-0.2, 0) is 16.6 Å². The van der Waals surface area contributed by atoms with E-state index >= 15 is 0 Å². The second-order valence-electron chi connectivity index (χ2n) is 3.66. The summed E-state index contributed by atoms with van der Waals surface area (Å²) in [6.07, 6.45) is 2.66. The fraction of sp³-hybridized carbons (Fsp3) is 0.0909. The Morgan fingerprint density at radius 3 is 2.79 bits per heavy atom. The number of nitrogens with zero attached hydrogens (tertiary/aromatic N) is 1. The van der Waals surface area contributed by atoms with Crippen LogP contribution in [0.1, 0.15) is 5.69 Å². The molecule has 0 amide bonds. The van der Waals surface area contributed by atoms with Gasteiger partial charge in [-0.15, -0.1) is 0 Å². The van der Waals surface area contributed by atoms with Crippen molar-refractivity contribution in [3.63, 3.8) is 0 Å². The lowest BCUT2D eigenvalue weighted by molar-refractivity contribution is 0.580. The minimum Gasteiger partial charge on any atom is -0.326 e. The van der Waals surface area contributed by atoms with Gasteiger partial charge in [0.25, 0.3) is 5.56 Å². The Labute approximate surface area is 114 Å². The predicted molar refractivity (Wildman–Crippen MR) is 70.3 cm³/mol. The number of nitrogens with one attached hydrogen (secondary N) is 2. The number of H-pyrrole nitrogens is 1. The highest BCUT2D eigenvalue weighted by Gasteiger charge is 2.15. The quantitative estimate of drug-likeness (QED) is 0.877. The zero-order valence-corrected chi connectivity index (χ0v) is 11.2. The Hall–Kier alpha value is -1.70. The van der Waals surface area contributed by atoms with Gasteiger partial charge in [0.2, 0.25) is 10.0 Å². The largest absolute Gasteiger partial charge is 0.326 e.